The second-order valence-electron chi connectivity index (χ2n) is 13.7. The maximum atomic E-state index is 14.5. The summed E-state index contributed by atoms with van der Waals surface area (Å²) < 4.78 is 18.2. The first-order valence-corrected chi connectivity index (χ1v) is 17.9. The molecule has 1 heterocycles. The monoisotopic (exact) mass is 696 g/mol. The minimum Gasteiger partial charge on any atom is -0.497 e. The normalized spacial score (nSPS) is 19.5. The fourth-order valence-electron chi connectivity index (χ4n) is 6.50. The maximum absolute atomic E-state index is 14.5. The largest absolute Gasteiger partial charge is 0.497 e. The molecule has 0 aliphatic carbocycles. The molecule has 10 heteroatoms. The van der Waals surface area contributed by atoms with E-state index in [9.17, 15) is 14.7 Å². The topological polar surface area (TPSA) is 113 Å². The molecule has 0 radical (unpaired) electrons. The van der Waals surface area contributed by atoms with Gasteiger partial charge in [-0.3, -0.25) is 9.69 Å². The molecule has 4 aromatic carbocycles. The van der Waals surface area contributed by atoms with Crippen molar-refractivity contribution in [3.8, 4) is 11.5 Å². The van der Waals surface area contributed by atoms with Gasteiger partial charge in [-0.05, 0) is 87.5 Å². The Morgan fingerprint density at radius 2 is 1.78 bits per heavy atom. The van der Waals surface area contributed by atoms with E-state index in [-0.39, 0.29) is 30.6 Å². The van der Waals surface area contributed by atoms with Crippen LogP contribution in [-0.4, -0.2) is 85.6 Å². The van der Waals surface area contributed by atoms with Crippen LogP contribution in [0.3, 0.4) is 0 Å². The number of rotatable bonds is 9. The van der Waals surface area contributed by atoms with Gasteiger partial charge in [-0.15, -0.1) is 0 Å². The molecule has 0 unspecified atom stereocenters. The van der Waals surface area contributed by atoms with Crippen LogP contribution in [0.15, 0.2) is 84.9 Å². The highest BCUT2D eigenvalue weighted by atomic mass is 16.5. The van der Waals surface area contributed by atoms with Crippen molar-refractivity contribution >= 4 is 34.1 Å². The number of ether oxygens (including phenoxy) is 3. The minimum absolute atomic E-state index is 0.0553. The number of amides is 3. The van der Waals surface area contributed by atoms with Crippen LogP contribution in [-0.2, 0) is 11.3 Å². The number of fused-ring (bicyclic) bond motifs is 2. The molecule has 0 saturated carbocycles. The van der Waals surface area contributed by atoms with Crippen LogP contribution in [0.2, 0.25) is 0 Å². The lowest BCUT2D eigenvalue weighted by Crippen LogP contribution is -2.47. The lowest BCUT2D eigenvalue weighted by atomic mass is 10.0. The molecule has 272 valence electrons. The predicted octanol–water partition coefficient (Wildman–Crippen LogP) is 7.42. The summed E-state index contributed by atoms with van der Waals surface area (Å²) in [6.07, 6.45) is 2.28. The molecule has 0 bridgehead atoms. The summed E-state index contributed by atoms with van der Waals surface area (Å²) in [7, 11) is 3.74. The molecular weight excluding hydrogens is 644 g/mol. The number of carbonyl (C=O) groups is 2. The molecule has 5 rings (SSSR count). The van der Waals surface area contributed by atoms with E-state index >= 15 is 0 Å². The van der Waals surface area contributed by atoms with Gasteiger partial charge in [-0.2, -0.15) is 0 Å². The summed E-state index contributed by atoms with van der Waals surface area (Å²) in [5, 5.41) is 18.1. The quantitative estimate of drug-likeness (QED) is 0.167. The second-order valence-corrected chi connectivity index (χ2v) is 13.7. The number of anilines is 2. The SMILES string of the molecule is COc1ccc(CN(C)C[C@@H]2OCCCC[C@H](C)Oc3ccc(NC(=O)Nc4cccc5ccccc45)cc3C(=O)N([C@H](C)CO)C[C@@H]2C)cc1. The number of likely N-dealkylation sites (N-methyl/N-ethyl adjacent to an activating group) is 1. The van der Waals surface area contributed by atoms with Gasteiger partial charge in [-0.25, -0.2) is 4.79 Å². The van der Waals surface area contributed by atoms with Crippen LogP contribution in [0.4, 0.5) is 16.2 Å². The fraction of sp³-hybridized carbons (Fsp3) is 0.415. The maximum Gasteiger partial charge on any atom is 0.323 e. The van der Waals surface area contributed by atoms with Crippen molar-refractivity contribution in [3.63, 3.8) is 0 Å². The third kappa shape index (κ3) is 10.2. The number of methoxy groups -OCH3 is 1. The molecule has 3 amide bonds. The van der Waals surface area contributed by atoms with E-state index < -0.39 is 12.1 Å². The summed E-state index contributed by atoms with van der Waals surface area (Å²) in [5.41, 5.74) is 2.62. The Balaban J connectivity index is 1.37. The van der Waals surface area contributed by atoms with E-state index in [1.807, 2.05) is 68.4 Å². The number of benzene rings is 4. The molecule has 0 saturated heterocycles. The highest BCUT2D eigenvalue weighted by Gasteiger charge is 2.30. The highest BCUT2D eigenvalue weighted by molar-refractivity contribution is 6.07. The first-order chi connectivity index (χ1) is 24.6. The standard InChI is InChI=1S/C41H52N4O6/c1-28-24-45(29(2)27-46)40(47)36-23-33(42-41(48)43-37-15-10-13-32-12-6-7-14-35(32)37)18-21-38(36)51-30(3)11-8-9-22-50-39(28)26-44(4)25-31-16-19-34(49-5)20-17-31/h6-7,10,12-21,23,28-30,39,46H,8-9,11,22,24-27H2,1-5H3,(H2,42,43,48)/t28-,29+,30-,39-/m0/s1. The molecule has 0 aromatic heterocycles. The number of nitrogens with one attached hydrogen (secondary N) is 2. The van der Waals surface area contributed by atoms with Crippen LogP contribution in [0.5, 0.6) is 11.5 Å². The third-order valence-corrected chi connectivity index (χ3v) is 9.45. The van der Waals surface area contributed by atoms with Gasteiger partial charge >= 0.3 is 6.03 Å². The van der Waals surface area contributed by atoms with Gasteiger partial charge in [-0.1, -0.05) is 55.5 Å². The van der Waals surface area contributed by atoms with Crippen LogP contribution < -0.4 is 20.1 Å². The smallest absolute Gasteiger partial charge is 0.323 e. The molecule has 0 fully saturated rings. The van der Waals surface area contributed by atoms with E-state index in [2.05, 4.69) is 41.6 Å². The van der Waals surface area contributed by atoms with Crippen molar-refractivity contribution in [2.75, 3.05) is 51.1 Å². The van der Waals surface area contributed by atoms with Crippen molar-refractivity contribution < 1.29 is 28.9 Å². The van der Waals surface area contributed by atoms with E-state index in [0.29, 0.717) is 42.4 Å². The molecule has 1 aliphatic rings. The van der Waals surface area contributed by atoms with E-state index in [1.54, 1.807) is 30.2 Å². The molecule has 51 heavy (non-hydrogen) atoms. The van der Waals surface area contributed by atoms with Crippen molar-refractivity contribution in [2.45, 2.75) is 64.8 Å². The lowest BCUT2D eigenvalue weighted by molar-refractivity contribution is -0.0177. The van der Waals surface area contributed by atoms with Crippen LogP contribution in [0.25, 0.3) is 10.8 Å². The number of aliphatic hydroxyl groups excluding tert-OH is 1. The van der Waals surface area contributed by atoms with E-state index in [1.165, 1.54) is 5.56 Å². The van der Waals surface area contributed by atoms with Gasteiger partial charge in [0.2, 0.25) is 0 Å². The number of carbonyl (C=O) groups excluding carboxylic acids is 2. The zero-order valence-electron chi connectivity index (χ0n) is 30.4. The predicted molar refractivity (Wildman–Crippen MR) is 203 cm³/mol. The number of aliphatic hydroxyl groups is 1. The van der Waals surface area contributed by atoms with Crippen LogP contribution in [0.1, 0.15) is 56.0 Å². The van der Waals surface area contributed by atoms with Crippen LogP contribution in [0, 0.1) is 5.92 Å². The van der Waals surface area contributed by atoms with Crippen molar-refractivity contribution in [2.24, 2.45) is 5.92 Å². The Kier molecular flexibility index (Phi) is 13.3. The summed E-state index contributed by atoms with van der Waals surface area (Å²) >= 11 is 0. The number of hydrogen-bond acceptors (Lipinski definition) is 7. The average molecular weight is 697 g/mol. The third-order valence-electron chi connectivity index (χ3n) is 9.45. The zero-order valence-corrected chi connectivity index (χ0v) is 30.4. The minimum atomic E-state index is -0.470. The van der Waals surface area contributed by atoms with Gasteiger partial charge in [0.1, 0.15) is 11.5 Å². The second kappa shape index (κ2) is 18.0. The number of nitrogens with zero attached hydrogens (tertiary/aromatic N) is 2. The number of hydrogen-bond donors (Lipinski definition) is 3. The molecule has 3 N–H and O–H groups in total. The molecule has 1 aliphatic heterocycles. The van der Waals surface area contributed by atoms with Crippen molar-refractivity contribution in [1.29, 1.82) is 0 Å². The van der Waals surface area contributed by atoms with Gasteiger partial charge in [0.25, 0.3) is 5.91 Å². The van der Waals surface area contributed by atoms with Crippen molar-refractivity contribution in [3.05, 3.63) is 96.1 Å². The Morgan fingerprint density at radius 1 is 1.02 bits per heavy atom. The molecule has 4 aromatic rings. The first kappa shape index (κ1) is 37.6. The summed E-state index contributed by atoms with van der Waals surface area (Å²) in [5.74, 6) is 0.923. The highest BCUT2D eigenvalue weighted by Crippen LogP contribution is 2.29. The average Bonchev–Trinajstić information content (AvgIpc) is 3.13. The Morgan fingerprint density at radius 3 is 2.55 bits per heavy atom. The zero-order chi connectivity index (χ0) is 36.3. The molecule has 0 spiro atoms. The molecule has 4 atom stereocenters. The Labute approximate surface area is 301 Å². The number of urea groups is 1. The molecule has 10 nitrogen and oxygen atoms in total. The van der Waals surface area contributed by atoms with Crippen molar-refractivity contribution in [1.82, 2.24) is 9.80 Å². The Bertz CT molecular complexity index is 1740. The fourth-order valence-corrected chi connectivity index (χ4v) is 6.50. The van der Waals surface area contributed by atoms with Gasteiger partial charge in [0, 0.05) is 43.2 Å². The first-order valence-electron chi connectivity index (χ1n) is 17.9. The van der Waals surface area contributed by atoms with E-state index in [0.717, 1.165) is 42.3 Å². The van der Waals surface area contributed by atoms with Gasteiger partial charge < -0.3 is 34.9 Å². The lowest BCUT2D eigenvalue weighted by Gasteiger charge is -2.36. The summed E-state index contributed by atoms with van der Waals surface area (Å²) in [4.78, 5) is 31.7. The van der Waals surface area contributed by atoms with Gasteiger partial charge in [0.15, 0.2) is 0 Å². The molecular formula is C41H52N4O6. The summed E-state index contributed by atoms with van der Waals surface area (Å²) in [6, 6.07) is 25.9. The summed E-state index contributed by atoms with van der Waals surface area (Å²) in [6.45, 7) is 8.08. The van der Waals surface area contributed by atoms with E-state index in [4.69, 9.17) is 14.2 Å². The van der Waals surface area contributed by atoms with Crippen LogP contribution >= 0.6 is 0 Å². The van der Waals surface area contributed by atoms with Gasteiger partial charge in [0.05, 0.1) is 43.2 Å². The Hall–Kier alpha value is -4.64.